The van der Waals surface area contributed by atoms with Gasteiger partial charge in [0.15, 0.2) is 0 Å². The molecule has 1 aromatic rings. The Balaban J connectivity index is 3.27. The molecule has 0 radical (unpaired) electrons. The Hall–Kier alpha value is -1.76. The minimum atomic E-state index is -1.08. The molecule has 20 heavy (non-hydrogen) atoms. The first-order chi connectivity index (χ1) is 9.42. The zero-order valence-electron chi connectivity index (χ0n) is 11.7. The van der Waals surface area contributed by atoms with Gasteiger partial charge in [0, 0.05) is 31.0 Å². The van der Waals surface area contributed by atoms with Crippen molar-refractivity contribution in [3.63, 3.8) is 0 Å². The van der Waals surface area contributed by atoms with Crippen LogP contribution in [0.2, 0.25) is 0 Å². The molecule has 0 aromatic heterocycles. The monoisotopic (exact) mass is 298 g/mol. The van der Waals surface area contributed by atoms with Gasteiger partial charge in [0.05, 0.1) is 16.2 Å². The summed E-state index contributed by atoms with van der Waals surface area (Å²) in [5.41, 5.74) is 0.362. The lowest BCUT2D eigenvalue weighted by atomic mass is 10.1. The predicted molar refractivity (Wildman–Crippen MR) is 80.9 cm³/mol. The van der Waals surface area contributed by atoms with Crippen LogP contribution in [0.1, 0.15) is 23.7 Å². The van der Waals surface area contributed by atoms with Crippen LogP contribution in [-0.4, -0.2) is 41.1 Å². The van der Waals surface area contributed by atoms with Gasteiger partial charge in [-0.25, -0.2) is 4.79 Å². The topological polar surface area (TPSA) is 83.7 Å². The summed E-state index contributed by atoms with van der Waals surface area (Å²) in [6.07, 6.45) is 2.81. The van der Waals surface area contributed by atoms with E-state index in [1.807, 2.05) is 18.1 Å². The average Bonchev–Trinajstić information content (AvgIpc) is 2.43. The molecular formula is C13H18N2O4S. The van der Waals surface area contributed by atoms with Crippen LogP contribution in [0.5, 0.6) is 0 Å². The van der Waals surface area contributed by atoms with E-state index in [1.54, 1.807) is 18.8 Å². The lowest BCUT2D eigenvalue weighted by molar-refractivity contribution is -0.384. The Morgan fingerprint density at radius 3 is 2.65 bits per heavy atom. The van der Waals surface area contributed by atoms with E-state index in [-0.39, 0.29) is 17.3 Å². The number of nitro benzene ring substituents is 1. The number of thioether (sulfide) groups is 1. The Labute approximate surface area is 121 Å². The molecule has 0 heterocycles. The van der Waals surface area contributed by atoms with Gasteiger partial charge in [-0.15, -0.1) is 0 Å². The Morgan fingerprint density at radius 2 is 2.20 bits per heavy atom. The Morgan fingerprint density at radius 1 is 1.55 bits per heavy atom. The first-order valence-corrected chi connectivity index (χ1v) is 7.55. The third-order valence-corrected chi connectivity index (χ3v) is 3.90. The van der Waals surface area contributed by atoms with Crippen LogP contribution in [-0.2, 0) is 0 Å². The van der Waals surface area contributed by atoms with Gasteiger partial charge in [0.25, 0.3) is 5.69 Å². The van der Waals surface area contributed by atoms with Gasteiger partial charge in [-0.05, 0) is 18.7 Å². The van der Waals surface area contributed by atoms with E-state index in [4.69, 9.17) is 0 Å². The average molecular weight is 298 g/mol. The molecule has 1 N–H and O–H groups in total. The summed E-state index contributed by atoms with van der Waals surface area (Å²) in [5, 5.41) is 20.1. The second-order valence-corrected chi connectivity index (χ2v) is 5.30. The first-order valence-electron chi connectivity index (χ1n) is 6.15. The maximum absolute atomic E-state index is 11.3. The maximum Gasteiger partial charge on any atom is 0.337 e. The quantitative estimate of drug-likeness (QED) is 0.615. The Kier molecular flexibility index (Phi) is 5.82. The van der Waals surface area contributed by atoms with Gasteiger partial charge in [-0.3, -0.25) is 10.1 Å². The third-order valence-electron chi connectivity index (χ3n) is 3.18. The van der Waals surface area contributed by atoms with Crippen LogP contribution in [0.25, 0.3) is 0 Å². The van der Waals surface area contributed by atoms with Gasteiger partial charge in [-0.2, -0.15) is 11.8 Å². The van der Waals surface area contributed by atoms with E-state index in [1.165, 1.54) is 18.2 Å². The van der Waals surface area contributed by atoms with Crippen molar-refractivity contribution in [2.75, 3.05) is 24.0 Å². The normalized spacial score (nSPS) is 11.9. The second-order valence-electron chi connectivity index (χ2n) is 4.39. The van der Waals surface area contributed by atoms with Gasteiger partial charge in [-0.1, -0.05) is 6.92 Å². The molecule has 7 heteroatoms. The largest absolute Gasteiger partial charge is 0.478 e. The summed E-state index contributed by atoms with van der Waals surface area (Å²) in [6.45, 7) is 2.01. The summed E-state index contributed by atoms with van der Waals surface area (Å²) in [7, 11) is 1.77. The molecule has 1 aromatic carbocycles. The molecule has 1 atom stereocenters. The maximum atomic E-state index is 11.3. The number of nitrogens with zero attached hydrogens (tertiary/aromatic N) is 2. The highest BCUT2D eigenvalue weighted by molar-refractivity contribution is 7.98. The summed E-state index contributed by atoms with van der Waals surface area (Å²) in [4.78, 5) is 23.4. The molecule has 0 saturated carbocycles. The second kappa shape index (κ2) is 7.14. The van der Waals surface area contributed by atoms with Crippen LogP contribution in [0.15, 0.2) is 18.2 Å². The van der Waals surface area contributed by atoms with E-state index in [0.717, 1.165) is 12.2 Å². The molecule has 0 aliphatic rings. The van der Waals surface area contributed by atoms with Crippen molar-refractivity contribution in [1.29, 1.82) is 0 Å². The minimum absolute atomic E-state index is 0.0812. The fourth-order valence-electron chi connectivity index (χ4n) is 2.00. The number of rotatable bonds is 7. The van der Waals surface area contributed by atoms with Crippen molar-refractivity contribution in [1.82, 2.24) is 0 Å². The van der Waals surface area contributed by atoms with Crippen molar-refractivity contribution in [3.8, 4) is 0 Å². The van der Waals surface area contributed by atoms with Crippen LogP contribution in [0.3, 0.4) is 0 Å². The highest BCUT2D eigenvalue weighted by atomic mass is 32.2. The summed E-state index contributed by atoms with van der Waals surface area (Å²) in [6, 6.07) is 3.96. The van der Waals surface area contributed by atoms with Crippen LogP contribution in [0, 0.1) is 10.1 Å². The summed E-state index contributed by atoms with van der Waals surface area (Å²) >= 11 is 1.66. The number of carbonyl (C=O) groups is 1. The number of benzene rings is 1. The summed E-state index contributed by atoms with van der Waals surface area (Å²) < 4.78 is 0. The molecule has 0 aliphatic heterocycles. The number of hydrogen-bond donors (Lipinski definition) is 1. The molecule has 0 saturated heterocycles. The molecule has 0 aliphatic carbocycles. The van der Waals surface area contributed by atoms with Gasteiger partial charge in [0.2, 0.25) is 0 Å². The molecule has 6 nitrogen and oxygen atoms in total. The highest BCUT2D eigenvalue weighted by Crippen LogP contribution is 2.28. The number of anilines is 1. The SMILES string of the molecule is CCC(CSC)N(C)c1cc([N+](=O)[O-])ccc1C(=O)O. The molecule has 0 fully saturated rings. The van der Waals surface area contributed by atoms with E-state index in [2.05, 4.69) is 0 Å². The molecule has 1 unspecified atom stereocenters. The summed E-state index contributed by atoms with van der Waals surface area (Å²) in [5.74, 6) is -0.255. The number of hydrogen-bond acceptors (Lipinski definition) is 5. The molecule has 0 bridgehead atoms. The number of non-ortho nitro benzene ring substituents is 1. The van der Waals surface area contributed by atoms with E-state index in [9.17, 15) is 20.0 Å². The fourth-order valence-corrected chi connectivity index (χ4v) is 2.84. The van der Waals surface area contributed by atoms with Gasteiger partial charge < -0.3 is 10.0 Å². The molecule has 110 valence electrons. The minimum Gasteiger partial charge on any atom is -0.478 e. The fraction of sp³-hybridized carbons (Fsp3) is 0.462. The molecule has 0 amide bonds. The lowest BCUT2D eigenvalue weighted by Gasteiger charge is -2.29. The van der Waals surface area contributed by atoms with E-state index in [0.29, 0.717) is 5.69 Å². The number of carboxylic acid groups (broad SMARTS) is 1. The zero-order valence-corrected chi connectivity index (χ0v) is 12.5. The van der Waals surface area contributed by atoms with Crippen LogP contribution < -0.4 is 4.90 Å². The molecule has 0 spiro atoms. The van der Waals surface area contributed by atoms with Crippen molar-refractivity contribution in [3.05, 3.63) is 33.9 Å². The zero-order chi connectivity index (χ0) is 15.3. The van der Waals surface area contributed by atoms with Crippen LogP contribution in [0.4, 0.5) is 11.4 Å². The molecular weight excluding hydrogens is 280 g/mol. The van der Waals surface area contributed by atoms with Crippen molar-refractivity contribution in [2.45, 2.75) is 19.4 Å². The Bertz CT molecular complexity index is 507. The standard InChI is InChI=1S/C13H18N2O4S/c1-4-9(8-20-3)14(2)12-7-10(15(18)19)5-6-11(12)13(16)17/h5-7,9H,4,8H2,1-3H3,(H,16,17). The van der Waals surface area contributed by atoms with E-state index >= 15 is 0 Å². The van der Waals surface area contributed by atoms with Crippen molar-refractivity contribution in [2.24, 2.45) is 0 Å². The number of nitro groups is 1. The third kappa shape index (κ3) is 3.63. The first kappa shape index (κ1) is 16.3. The number of aromatic carboxylic acids is 1. The van der Waals surface area contributed by atoms with Gasteiger partial charge >= 0.3 is 5.97 Å². The van der Waals surface area contributed by atoms with Crippen LogP contribution >= 0.6 is 11.8 Å². The lowest BCUT2D eigenvalue weighted by Crippen LogP contribution is -2.34. The highest BCUT2D eigenvalue weighted by Gasteiger charge is 2.22. The predicted octanol–water partition coefficient (Wildman–Crippen LogP) is 2.87. The smallest absolute Gasteiger partial charge is 0.337 e. The van der Waals surface area contributed by atoms with Crippen molar-refractivity contribution >= 4 is 29.1 Å². The van der Waals surface area contributed by atoms with E-state index < -0.39 is 10.9 Å². The molecule has 1 rings (SSSR count). The van der Waals surface area contributed by atoms with Crippen molar-refractivity contribution < 1.29 is 14.8 Å². The van der Waals surface area contributed by atoms with Gasteiger partial charge in [0.1, 0.15) is 0 Å². The number of carboxylic acids is 1.